The van der Waals surface area contributed by atoms with E-state index in [-0.39, 0.29) is 16.9 Å². The second-order valence-corrected chi connectivity index (χ2v) is 7.92. The van der Waals surface area contributed by atoms with Crippen LogP contribution in [-0.2, 0) is 5.60 Å². The minimum Gasteiger partial charge on any atom is -0.385 e. The fourth-order valence-corrected chi connectivity index (χ4v) is 3.95. The first-order valence-electron chi connectivity index (χ1n) is 8.96. The van der Waals surface area contributed by atoms with Crippen LogP contribution in [0.5, 0.6) is 0 Å². The molecular weight excluding hydrogens is 399 g/mol. The molecule has 1 aliphatic rings. The standard InChI is InChI=1S/C21H18Cl2N2O3/c22-14-3-1-13(2-4-14)21(28)7-9-25(10-8-21)20(27)17-12-24-18-11-15(23)5-6-16(18)19(17)26/h1-6,11-12,28H,7-10H2,(H,24,26). The Morgan fingerprint density at radius 1 is 1.04 bits per heavy atom. The van der Waals surface area contributed by atoms with Gasteiger partial charge in [0.25, 0.3) is 5.91 Å². The second kappa shape index (κ2) is 7.24. The number of pyridine rings is 1. The maximum atomic E-state index is 12.9. The molecule has 0 aliphatic carbocycles. The number of aromatic nitrogens is 1. The summed E-state index contributed by atoms with van der Waals surface area (Å²) in [5.74, 6) is -0.337. The molecule has 7 heteroatoms. The number of halogens is 2. The molecule has 1 amide bonds. The molecule has 144 valence electrons. The van der Waals surface area contributed by atoms with Crippen molar-refractivity contribution < 1.29 is 9.90 Å². The first-order chi connectivity index (χ1) is 13.4. The lowest BCUT2D eigenvalue weighted by atomic mass is 9.84. The van der Waals surface area contributed by atoms with Gasteiger partial charge in [-0.05, 0) is 48.7 Å². The van der Waals surface area contributed by atoms with E-state index in [1.807, 2.05) is 0 Å². The van der Waals surface area contributed by atoms with E-state index >= 15 is 0 Å². The number of hydrogen-bond donors (Lipinski definition) is 2. The molecule has 0 bridgehead atoms. The van der Waals surface area contributed by atoms with E-state index in [4.69, 9.17) is 23.2 Å². The molecule has 28 heavy (non-hydrogen) atoms. The average Bonchev–Trinajstić information content (AvgIpc) is 2.68. The molecule has 1 aromatic heterocycles. The molecule has 1 aliphatic heterocycles. The molecule has 5 nitrogen and oxygen atoms in total. The molecular formula is C21H18Cl2N2O3. The third-order valence-corrected chi connectivity index (χ3v) is 5.82. The molecule has 3 aromatic rings. The molecule has 4 rings (SSSR count). The van der Waals surface area contributed by atoms with Crippen LogP contribution < -0.4 is 5.43 Å². The van der Waals surface area contributed by atoms with Crippen LogP contribution in [0.4, 0.5) is 0 Å². The van der Waals surface area contributed by atoms with E-state index < -0.39 is 5.60 Å². The van der Waals surface area contributed by atoms with E-state index in [1.54, 1.807) is 47.4 Å². The average molecular weight is 417 g/mol. The molecule has 0 atom stereocenters. The summed E-state index contributed by atoms with van der Waals surface area (Å²) in [6.07, 6.45) is 2.21. The smallest absolute Gasteiger partial charge is 0.259 e. The summed E-state index contributed by atoms with van der Waals surface area (Å²) in [7, 11) is 0. The Morgan fingerprint density at radius 3 is 2.36 bits per heavy atom. The van der Waals surface area contributed by atoms with Crippen LogP contribution in [0, 0.1) is 0 Å². The van der Waals surface area contributed by atoms with Crippen molar-refractivity contribution >= 4 is 40.0 Å². The number of aromatic amines is 1. The zero-order valence-electron chi connectivity index (χ0n) is 14.9. The van der Waals surface area contributed by atoms with Crippen LogP contribution in [-0.4, -0.2) is 34.0 Å². The van der Waals surface area contributed by atoms with Gasteiger partial charge in [0.1, 0.15) is 5.56 Å². The number of piperidine rings is 1. The molecule has 2 N–H and O–H groups in total. The van der Waals surface area contributed by atoms with Gasteiger partial charge in [-0.15, -0.1) is 0 Å². The minimum absolute atomic E-state index is 0.0896. The van der Waals surface area contributed by atoms with Crippen molar-refractivity contribution in [1.82, 2.24) is 9.88 Å². The van der Waals surface area contributed by atoms with E-state index in [0.29, 0.717) is 46.9 Å². The van der Waals surface area contributed by atoms with Gasteiger partial charge in [-0.3, -0.25) is 9.59 Å². The summed E-state index contributed by atoms with van der Waals surface area (Å²) >= 11 is 11.9. The highest BCUT2D eigenvalue weighted by molar-refractivity contribution is 6.31. The third kappa shape index (κ3) is 3.41. The van der Waals surface area contributed by atoms with Crippen molar-refractivity contribution in [3.8, 4) is 0 Å². The number of H-pyrrole nitrogens is 1. The first-order valence-corrected chi connectivity index (χ1v) is 9.72. The maximum Gasteiger partial charge on any atom is 0.259 e. The molecule has 0 unspecified atom stereocenters. The van der Waals surface area contributed by atoms with E-state index in [9.17, 15) is 14.7 Å². The van der Waals surface area contributed by atoms with Crippen molar-refractivity contribution in [3.05, 3.63) is 80.1 Å². The number of nitrogens with zero attached hydrogens (tertiary/aromatic N) is 1. The molecule has 2 heterocycles. The van der Waals surface area contributed by atoms with Gasteiger partial charge in [0.2, 0.25) is 5.43 Å². The van der Waals surface area contributed by atoms with Crippen molar-refractivity contribution in [1.29, 1.82) is 0 Å². The van der Waals surface area contributed by atoms with Crippen molar-refractivity contribution in [3.63, 3.8) is 0 Å². The van der Waals surface area contributed by atoms with Crippen LogP contribution in [0.15, 0.2) is 53.5 Å². The van der Waals surface area contributed by atoms with Gasteiger partial charge in [0.15, 0.2) is 0 Å². The highest BCUT2D eigenvalue weighted by Crippen LogP contribution is 2.33. The summed E-state index contributed by atoms with van der Waals surface area (Å²) in [5.41, 5.74) is 0.128. The Bertz CT molecular complexity index is 1100. The lowest BCUT2D eigenvalue weighted by Crippen LogP contribution is -2.46. The summed E-state index contributed by atoms with van der Waals surface area (Å²) < 4.78 is 0. The topological polar surface area (TPSA) is 73.4 Å². The second-order valence-electron chi connectivity index (χ2n) is 7.05. The minimum atomic E-state index is -1.01. The fourth-order valence-electron chi connectivity index (χ4n) is 3.65. The van der Waals surface area contributed by atoms with Crippen LogP contribution in [0.3, 0.4) is 0 Å². The highest BCUT2D eigenvalue weighted by Gasteiger charge is 2.36. The summed E-state index contributed by atoms with van der Waals surface area (Å²) in [6, 6.07) is 12.0. The summed E-state index contributed by atoms with van der Waals surface area (Å²) in [6.45, 7) is 0.714. The fraction of sp³-hybridized carbons (Fsp3) is 0.238. The van der Waals surface area contributed by atoms with Gasteiger partial charge < -0.3 is 15.0 Å². The Labute approximate surface area is 171 Å². The van der Waals surface area contributed by atoms with Crippen LogP contribution in [0.25, 0.3) is 10.9 Å². The van der Waals surface area contributed by atoms with Crippen molar-refractivity contribution in [2.45, 2.75) is 18.4 Å². The van der Waals surface area contributed by atoms with Gasteiger partial charge in [-0.2, -0.15) is 0 Å². The third-order valence-electron chi connectivity index (χ3n) is 5.33. The van der Waals surface area contributed by atoms with Gasteiger partial charge in [0.05, 0.1) is 11.1 Å². The number of likely N-dealkylation sites (tertiary alicyclic amines) is 1. The Morgan fingerprint density at radius 2 is 1.68 bits per heavy atom. The molecule has 1 saturated heterocycles. The molecule has 2 aromatic carbocycles. The summed E-state index contributed by atoms with van der Waals surface area (Å²) in [4.78, 5) is 30.2. The number of rotatable bonds is 2. The quantitative estimate of drug-likeness (QED) is 0.663. The van der Waals surface area contributed by atoms with Gasteiger partial charge >= 0.3 is 0 Å². The molecule has 0 saturated carbocycles. The Balaban J connectivity index is 1.55. The predicted molar refractivity (Wildman–Crippen MR) is 110 cm³/mol. The van der Waals surface area contributed by atoms with Crippen molar-refractivity contribution in [2.24, 2.45) is 0 Å². The van der Waals surface area contributed by atoms with Gasteiger partial charge in [0, 0.05) is 34.7 Å². The first kappa shape index (κ1) is 19.0. The normalized spacial score (nSPS) is 16.3. The van der Waals surface area contributed by atoms with Crippen LogP contribution in [0.1, 0.15) is 28.8 Å². The van der Waals surface area contributed by atoms with Crippen molar-refractivity contribution in [2.75, 3.05) is 13.1 Å². The largest absolute Gasteiger partial charge is 0.385 e. The van der Waals surface area contributed by atoms with Crippen LogP contribution >= 0.6 is 23.2 Å². The molecule has 0 radical (unpaired) electrons. The predicted octanol–water partition coefficient (Wildman–Crippen LogP) is 3.96. The zero-order chi connectivity index (χ0) is 19.9. The maximum absolute atomic E-state index is 12.9. The number of carbonyl (C=O) groups is 1. The van der Waals surface area contributed by atoms with E-state index in [1.165, 1.54) is 6.20 Å². The zero-order valence-corrected chi connectivity index (χ0v) is 16.4. The molecule has 0 spiro atoms. The number of benzene rings is 2. The van der Waals surface area contributed by atoms with Gasteiger partial charge in [-0.25, -0.2) is 0 Å². The number of nitrogens with one attached hydrogen (secondary N) is 1. The summed E-state index contributed by atoms with van der Waals surface area (Å²) in [5, 5.41) is 12.5. The lowest BCUT2D eigenvalue weighted by molar-refractivity contribution is -0.0211. The van der Waals surface area contributed by atoms with E-state index in [2.05, 4.69) is 4.98 Å². The van der Waals surface area contributed by atoms with E-state index in [0.717, 1.165) is 5.56 Å². The number of carbonyl (C=O) groups excluding carboxylic acids is 1. The number of hydrogen-bond acceptors (Lipinski definition) is 3. The number of amides is 1. The highest BCUT2D eigenvalue weighted by atomic mass is 35.5. The number of fused-ring (bicyclic) bond motifs is 1. The van der Waals surface area contributed by atoms with Crippen LogP contribution in [0.2, 0.25) is 10.0 Å². The number of aliphatic hydroxyl groups is 1. The molecule has 1 fully saturated rings. The lowest BCUT2D eigenvalue weighted by Gasteiger charge is -2.38. The monoisotopic (exact) mass is 416 g/mol. The van der Waals surface area contributed by atoms with Gasteiger partial charge in [-0.1, -0.05) is 35.3 Å². The Hall–Kier alpha value is -2.34. The Kier molecular flexibility index (Phi) is 4.91. The SMILES string of the molecule is O=C(c1c[nH]c2cc(Cl)ccc2c1=O)N1CCC(O)(c2ccc(Cl)cc2)CC1.